The molecular weight excluding hydrogens is 298 g/mol. The molecule has 98 valence electrons. The van der Waals surface area contributed by atoms with E-state index in [2.05, 4.69) is 21.2 Å². The molecule has 1 aromatic carbocycles. The van der Waals surface area contributed by atoms with Crippen molar-refractivity contribution in [1.29, 1.82) is 0 Å². The average Bonchev–Trinajstić information content (AvgIpc) is 2.77. The van der Waals surface area contributed by atoms with Gasteiger partial charge in [0, 0.05) is 23.0 Å². The summed E-state index contributed by atoms with van der Waals surface area (Å²) in [5.41, 5.74) is 0.650. The Morgan fingerprint density at radius 3 is 2.56 bits per heavy atom. The van der Waals surface area contributed by atoms with Crippen molar-refractivity contribution in [1.82, 2.24) is 5.32 Å². The Morgan fingerprint density at radius 1 is 1.33 bits per heavy atom. The molecule has 1 aliphatic rings. The second-order valence-corrected chi connectivity index (χ2v) is 5.26. The van der Waals surface area contributed by atoms with Crippen LogP contribution in [0.15, 0.2) is 28.7 Å². The summed E-state index contributed by atoms with van der Waals surface area (Å²) in [4.78, 5) is 11.8. The Hall–Kier alpha value is -0.910. The highest BCUT2D eigenvalue weighted by Crippen LogP contribution is 2.21. The van der Waals surface area contributed by atoms with E-state index in [0.29, 0.717) is 31.7 Å². The minimum atomic E-state index is -0.549. The summed E-state index contributed by atoms with van der Waals surface area (Å²) >= 11 is 3.33. The van der Waals surface area contributed by atoms with Gasteiger partial charge in [0.25, 0.3) is 5.91 Å². The first kappa shape index (κ1) is 13.5. The summed E-state index contributed by atoms with van der Waals surface area (Å²) in [7, 11) is 0. The molecule has 0 unspecified atom stereocenters. The average molecular weight is 314 g/mol. The largest absolute Gasteiger partial charge is 0.352 e. The fraction of sp³-hybridized carbons (Fsp3) is 0.462. The lowest BCUT2D eigenvalue weighted by atomic mass is 10.2. The van der Waals surface area contributed by atoms with Gasteiger partial charge in [-0.25, -0.2) is 0 Å². The van der Waals surface area contributed by atoms with Crippen LogP contribution in [-0.4, -0.2) is 31.5 Å². The van der Waals surface area contributed by atoms with Crippen LogP contribution in [-0.2, 0) is 9.47 Å². The first-order valence-corrected chi connectivity index (χ1v) is 6.70. The Kier molecular flexibility index (Phi) is 4.37. The van der Waals surface area contributed by atoms with E-state index in [0.717, 1.165) is 4.47 Å². The number of rotatable bonds is 4. The van der Waals surface area contributed by atoms with Crippen molar-refractivity contribution in [2.45, 2.75) is 19.1 Å². The fourth-order valence-electron chi connectivity index (χ4n) is 1.81. The maximum absolute atomic E-state index is 11.8. The quantitative estimate of drug-likeness (QED) is 0.928. The Labute approximate surface area is 115 Å². The van der Waals surface area contributed by atoms with E-state index in [1.807, 2.05) is 19.1 Å². The minimum Gasteiger partial charge on any atom is -0.352 e. The van der Waals surface area contributed by atoms with Crippen LogP contribution >= 0.6 is 15.9 Å². The molecule has 1 aromatic rings. The normalized spacial score (nSPS) is 17.7. The van der Waals surface area contributed by atoms with Crippen LogP contribution in [0, 0.1) is 0 Å². The topological polar surface area (TPSA) is 47.6 Å². The van der Waals surface area contributed by atoms with Crippen LogP contribution in [0.2, 0.25) is 0 Å². The zero-order valence-corrected chi connectivity index (χ0v) is 11.8. The van der Waals surface area contributed by atoms with Gasteiger partial charge in [-0.05, 0) is 31.2 Å². The van der Waals surface area contributed by atoms with Crippen molar-refractivity contribution in [2.24, 2.45) is 0 Å². The van der Waals surface area contributed by atoms with Gasteiger partial charge in [-0.1, -0.05) is 15.9 Å². The summed E-state index contributed by atoms with van der Waals surface area (Å²) in [6, 6.07) is 7.26. The number of nitrogens with one attached hydrogen (secondary N) is 1. The van der Waals surface area contributed by atoms with Crippen molar-refractivity contribution in [2.75, 3.05) is 19.8 Å². The van der Waals surface area contributed by atoms with Crippen LogP contribution < -0.4 is 5.32 Å². The van der Waals surface area contributed by atoms with E-state index in [1.54, 1.807) is 12.1 Å². The number of ether oxygens (including phenoxy) is 2. The number of hydrogen-bond acceptors (Lipinski definition) is 3. The highest BCUT2D eigenvalue weighted by Gasteiger charge is 2.30. The Morgan fingerprint density at radius 2 is 1.94 bits per heavy atom. The van der Waals surface area contributed by atoms with Gasteiger partial charge in [0.05, 0.1) is 13.2 Å². The number of carbonyl (C=O) groups is 1. The molecule has 0 spiro atoms. The molecule has 0 bridgehead atoms. The number of halogens is 1. The molecule has 5 heteroatoms. The van der Waals surface area contributed by atoms with E-state index >= 15 is 0 Å². The molecule has 1 amide bonds. The standard InChI is InChI=1S/C13H16BrNO3/c1-13(17-8-9-18-13)6-7-15-12(16)10-2-4-11(14)5-3-10/h2-5H,6-9H2,1H3,(H,15,16). The van der Waals surface area contributed by atoms with Gasteiger partial charge < -0.3 is 14.8 Å². The summed E-state index contributed by atoms with van der Waals surface area (Å²) in [5, 5.41) is 2.86. The van der Waals surface area contributed by atoms with Crippen molar-refractivity contribution < 1.29 is 14.3 Å². The predicted octanol–water partition coefficient (Wildman–Crippen LogP) is 2.33. The molecule has 0 atom stereocenters. The third-order valence-corrected chi connectivity index (χ3v) is 3.40. The molecule has 0 saturated carbocycles. The Balaban J connectivity index is 1.79. The van der Waals surface area contributed by atoms with Gasteiger partial charge >= 0.3 is 0 Å². The third kappa shape index (κ3) is 3.54. The maximum atomic E-state index is 11.8. The third-order valence-electron chi connectivity index (χ3n) is 2.87. The molecular formula is C13H16BrNO3. The lowest BCUT2D eigenvalue weighted by Gasteiger charge is -2.22. The van der Waals surface area contributed by atoms with Crippen LogP contribution in [0.1, 0.15) is 23.7 Å². The first-order chi connectivity index (χ1) is 8.59. The number of benzene rings is 1. The minimum absolute atomic E-state index is 0.0795. The van der Waals surface area contributed by atoms with Crippen LogP contribution in [0.5, 0.6) is 0 Å². The molecule has 1 heterocycles. The zero-order chi connectivity index (χ0) is 13.0. The van der Waals surface area contributed by atoms with Crippen molar-refractivity contribution >= 4 is 21.8 Å². The van der Waals surface area contributed by atoms with E-state index in [9.17, 15) is 4.79 Å². The van der Waals surface area contributed by atoms with Gasteiger partial charge in [0.1, 0.15) is 0 Å². The van der Waals surface area contributed by atoms with Gasteiger partial charge in [0.15, 0.2) is 5.79 Å². The lowest BCUT2D eigenvalue weighted by Crippen LogP contribution is -2.33. The molecule has 0 radical (unpaired) electrons. The van der Waals surface area contributed by atoms with E-state index in [-0.39, 0.29) is 5.91 Å². The van der Waals surface area contributed by atoms with Crippen molar-refractivity contribution in [3.05, 3.63) is 34.3 Å². The smallest absolute Gasteiger partial charge is 0.251 e. The van der Waals surface area contributed by atoms with E-state index < -0.39 is 5.79 Å². The van der Waals surface area contributed by atoms with Crippen molar-refractivity contribution in [3.63, 3.8) is 0 Å². The van der Waals surface area contributed by atoms with Gasteiger partial charge in [-0.15, -0.1) is 0 Å². The molecule has 1 fully saturated rings. The molecule has 0 aromatic heterocycles. The van der Waals surface area contributed by atoms with E-state index in [4.69, 9.17) is 9.47 Å². The van der Waals surface area contributed by atoms with Crippen molar-refractivity contribution in [3.8, 4) is 0 Å². The number of hydrogen-bond donors (Lipinski definition) is 1. The van der Waals surface area contributed by atoms with Crippen LogP contribution in [0.3, 0.4) is 0 Å². The molecule has 1 N–H and O–H groups in total. The van der Waals surface area contributed by atoms with Crippen LogP contribution in [0.4, 0.5) is 0 Å². The highest BCUT2D eigenvalue weighted by atomic mass is 79.9. The lowest BCUT2D eigenvalue weighted by molar-refractivity contribution is -0.145. The molecule has 1 saturated heterocycles. The summed E-state index contributed by atoms with van der Waals surface area (Å²) < 4.78 is 11.9. The monoisotopic (exact) mass is 313 g/mol. The van der Waals surface area contributed by atoms with Gasteiger partial charge in [-0.3, -0.25) is 4.79 Å². The van der Waals surface area contributed by atoms with Gasteiger partial charge in [-0.2, -0.15) is 0 Å². The number of carbonyl (C=O) groups excluding carboxylic acids is 1. The molecule has 0 aliphatic carbocycles. The Bertz CT molecular complexity index is 413. The second-order valence-electron chi connectivity index (χ2n) is 4.34. The summed E-state index contributed by atoms with van der Waals surface area (Å²) in [6.45, 7) is 3.67. The number of amides is 1. The van der Waals surface area contributed by atoms with Gasteiger partial charge in [0.2, 0.25) is 0 Å². The maximum Gasteiger partial charge on any atom is 0.251 e. The molecule has 1 aliphatic heterocycles. The van der Waals surface area contributed by atoms with E-state index in [1.165, 1.54) is 0 Å². The highest BCUT2D eigenvalue weighted by molar-refractivity contribution is 9.10. The predicted molar refractivity (Wildman–Crippen MR) is 71.4 cm³/mol. The molecule has 2 rings (SSSR count). The fourth-order valence-corrected chi connectivity index (χ4v) is 2.07. The summed E-state index contributed by atoms with van der Waals surface area (Å²) in [6.07, 6.45) is 0.648. The molecule has 18 heavy (non-hydrogen) atoms. The molecule has 4 nitrogen and oxygen atoms in total. The summed E-state index contributed by atoms with van der Waals surface area (Å²) in [5.74, 6) is -0.628. The zero-order valence-electron chi connectivity index (χ0n) is 10.2. The van der Waals surface area contributed by atoms with Crippen LogP contribution in [0.25, 0.3) is 0 Å². The first-order valence-electron chi connectivity index (χ1n) is 5.91. The second kappa shape index (κ2) is 5.82. The SMILES string of the molecule is CC1(CCNC(=O)c2ccc(Br)cc2)OCCO1.